The number of amides is 1. The van der Waals surface area contributed by atoms with E-state index in [2.05, 4.69) is 20.5 Å². The number of ether oxygens (including phenoxy) is 2. The van der Waals surface area contributed by atoms with Crippen molar-refractivity contribution in [1.29, 1.82) is 0 Å². The fraction of sp³-hybridized carbons (Fsp3) is 0.200. The van der Waals surface area contributed by atoms with Crippen LogP contribution in [0.1, 0.15) is 0 Å². The third-order valence-electron chi connectivity index (χ3n) is 4.56. The Morgan fingerprint density at radius 2 is 2.10 bits per heavy atom. The highest BCUT2D eigenvalue weighted by atomic mass is 32.2. The van der Waals surface area contributed by atoms with E-state index in [0.29, 0.717) is 33.9 Å². The first-order chi connectivity index (χ1) is 15.0. The number of carbonyl (C=O) groups is 1. The number of carbonyl (C=O) groups excluding carboxylic acids is 1. The van der Waals surface area contributed by atoms with Gasteiger partial charge in [-0.2, -0.15) is 0 Å². The van der Waals surface area contributed by atoms with Gasteiger partial charge in [0, 0.05) is 24.7 Å². The van der Waals surface area contributed by atoms with Gasteiger partial charge in [-0.25, -0.2) is 4.98 Å². The lowest BCUT2D eigenvalue weighted by Crippen LogP contribution is -2.15. The van der Waals surface area contributed by atoms with Crippen LogP contribution >= 0.6 is 23.1 Å². The smallest absolute Gasteiger partial charge is 0.234 e. The van der Waals surface area contributed by atoms with Gasteiger partial charge in [-0.05, 0) is 24.3 Å². The Balaban J connectivity index is 1.48. The van der Waals surface area contributed by atoms with E-state index in [9.17, 15) is 4.79 Å². The van der Waals surface area contributed by atoms with Crippen molar-refractivity contribution in [1.82, 2.24) is 19.7 Å². The zero-order valence-electron chi connectivity index (χ0n) is 17.1. The fourth-order valence-corrected chi connectivity index (χ4v) is 4.78. The molecule has 0 saturated carbocycles. The molecule has 0 atom stereocenters. The molecular formula is C20H20N6O3S2. The maximum absolute atomic E-state index is 12.5. The number of nitrogens with zero attached hydrogens (tertiary/aromatic N) is 4. The molecule has 3 aromatic heterocycles. The Bertz CT molecular complexity index is 1250. The number of hydrogen-bond donors (Lipinski definition) is 2. The SMILES string of the molecule is COc1ccc(OC)c(NC(=O)CSc2nnc(-c3sc4ncccc4c3N)n2C)c1. The summed E-state index contributed by atoms with van der Waals surface area (Å²) in [6, 6.07) is 8.99. The number of anilines is 2. The number of rotatable bonds is 7. The molecule has 0 bridgehead atoms. The van der Waals surface area contributed by atoms with E-state index < -0.39 is 0 Å². The normalized spacial score (nSPS) is 10.9. The Kier molecular flexibility index (Phi) is 5.96. The van der Waals surface area contributed by atoms with Gasteiger partial charge in [0.25, 0.3) is 0 Å². The molecule has 3 heterocycles. The molecule has 0 unspecified atom stereocenters. The summed E-state index contributed by atoms with van der Waals surface area (Å²) in [5.41, 5.74) is 7.47. The number of hydrogen-bond acceptors (Lipinski definition) is 9. The first kappa shape index (κ1) is 20.9. The molecule has 0 aliphatic rings. The van der Waals surface area contributed by atoms with Crippen LogP contribution in [0.5, 0.6) is 11.5 Å². The third kappa shape index (κ3) is 4.14. The summed E-state index contributed by atoms with van der Waals surface area (Å²) in [4.78, 5) is 18.5. The molecule has 1 amide bonds. The zero-order chi connectivity index (χ0) is 22.0. The summed E-state index contributed by atoms with van der Waals surface area (Å²) in [6.45, 7) is 0. The van der Waals surface area contributed by atoms with E-state index in [1.165, 1.54) is 23.1 Å². The van der Waals surface area contributed by atoms with Crippen molar-refractivity contribution >= 4 is 50.6 Å². The van der Waals surface area contributed by atoms with Crippen LogP contribution in [0, 0.1) is 0 Å². The van der Waals surface area contributed by atoms with Gasteiger partial charge in [-0.15, -0.1) is 21.5 Å². The number of pyridine rings is 1. The molecule has 0 aliphatic heterocycles. The summed E-state index contributed by atoms with van der Waals surface area (Å²) in [5.74, 6) is 1.76. The topological polar surface area (TPSA) is 117 Å². The van der Waals surface area contributed by atoms with Crippen LogP contribution in [0.15, 0.2) is 41.7 Å². The van der Waals surface area contributed by atoms with E-state index >= 15 is 0 Å². The van der Waals surface area contributed by atoms with Gasteiger partial charge < -0.3 is 25.1 Å². The van der Waals surface area contributed by atoms with Crippen LogP contribution in [-0.2, 0) is 11.8 Å². The molecular weight excluding hydrogens is 436 g/mol. The first-order valence-corrected chi connectivity index (χ1v) is 11.0. The summed E-state index contributed by atoms with van der Waals surface area (Å²) in [7, 11) is 4.95. The second-order valence-corrected chi connectivity index (χ2v) is 8.41. The van der Waals surface area contributed by atoms with Crippen molar-refractivity contribution < 1.29 is 14.3 Å². The van der Waals surface area contributed by atoms with Gasteiger partial charge in [0.05, 0.1) is 36.2 Å². The van der Waals surface area contributed by atoms with Crippen LogP contribution in [-0.4, -0.2) is 45.6 Å². The van der Waals surface area contributed by atoms with E-state index in [1.807, 2.05) is 23.7 Å². The van der Waals surface area contributed by atoms with E-state index in [-0.39, 0.29) is 11.7 Å². The van der Waals surface area contributed by atoms with Gasteiger partial charge >= 0.3 is 0 Å². The van der Waals surface area contributed by atoms with Crippen molar-refractivity contribution in [2.24, 2.45) is 7.05 Å². The molecule has 0 radical (unpaired) electrons. The standard InChI is InChI=1S/C20H20N6O3S2/c1-26-18(17-16(21)12-5-4-8-22-19(12)31-17)24-25-20(26)30-10-15(27)23-13-9-11(28-2)6-7-14(13)29-3/h4-9H,10,21H2,1-3H3,(H,23,27). The Morgan fingerprint density at radius 3 is 2.84 bits per heavy atom. The van der Waals surface area contributed by atoms with Crippen molar-refractivity contribution in [3.8, 4) is 22.2 Å². The number of aromatic nitrogens is 4. The minimum atomic E-state index is -0.202. The second kappa shape index (κ2) is 8.82. The van der Waals surface area contributed by atoms with Gasteiger partial charge in [-0.3, -0.25) is 4.79 Å². The first-order valence-electron chi connectivity index (χ1n) is 9.19. The van der Waals surface area contributed by atoms with Crippen molar-refractivity contribution in [2.75, 3.05) is 31.0 Å². The molecule has 4 aromatic rings. The summed E-state index contributed by atoms with van der Waals surface area (Å²) in [5, 5.41) is 12.8. The van der Waals surface area contributed by atoms with E-state index in [0.717, 1.165) is 15.1 Å². The van der Waals surface area contributed by atoms with Crippen LogP contribution in [0.3, 0.4) is 0 Å². The fourth-order valence-electron chi connectivity index (χ4n) is 2.98. The number of thioether (sulfide) groups is 1. The molecule has 9 nitrogen and oxygen atoms in total. The average molecular weight is 457 g/mol. The van der Waals surface area contributed by atoms with E-state index in [4.69, 9.17) is 15.2 Å². The van der Waals surface area contributed by atoms with Crippen LogP contribution in [0.2, 0.25) is 0 Å². The quantitative estimate of drug-likeness (QED) is 0.406. The van der Waals surface area contributed by atoms with E-state index in [1.54, 1.807) is 38.6 Å². The lowest BCUT2D eigenvalue weighted by molar-refractivity contribution is -0.113. The van der Waals surface area contributed by atoms with Crippen LogP contribution < -0.4 is 20.5 Å². The highest BCUT2D eigenvalue weighted by Crippen LogP contribution is 2.39. The molecule has 11 heteroatoms. The molecule has 0 aliphatic carbocycles. The monoisotopic (exact) mass is 456 g/mol. The number of nitrogen functional groups attached to an aromatic ring is 1. The summed E-state index contributed by atoms with van der Waals surface area (Å²) in [6.07, 6.45) is 1.73. The van der Waals surface area contributed by atoms with Crippen molar-refractivity contribution in [3.63, 3.8) is 0 Å². The van der Waals surface area contributed by atoms with Gasteiger partial charge in [-0.1, -0.05) is 11.8 Å². The van der Waals surface area contributed by atoms with Crippen molar-refractivity contribution in [3.05, 3.63) is 36.5 Å². The molecule has 0 spiro atoms. The second-order valence-electron chi connectivity index (χ2n) is 6.47. The maximum Gasteiger partial charge on any atom is 0.234 e. The molecule has 1 aromatic carbocycles. The molecule has 160 valence electrons. The average Bonchev–Trinajstić information content (AvgIpc) is 3.31. The Hall–Kier alpha value is -3.31. The molecule has 3 N–H and O–H groups in total. The Morgan fingerprint density at radius 1 is 1.26 bits per heavy atom. The van der Waals surface area contributed by atoms with Crippen molar-refractivity contribution in [2.45, 2.75) is 5.16 Å². The molecule has 0 fully saturated rings. The van der Waals surface area contributed by atoms with Gasteiger partial charge in [0.2, 0.25) is 5.91 Å². The highest BCUT2D eigenvalue weighted by Gasteiger charge is 2.19. The summed E-state index contributed by atoms with van der Waals surface area (Å²) < 4.78 is 12.3. The number of methoxy groups -OCH3 is 2. The minimum Gasteiger partial charge on any atom is -0.497 e. The number of thiophene rings is 1. The number of nitrogens with one attached hydrogen (secondary N) is 1. The van der Waals surface area contributed by atoms with Gasteiger partial charge in [0.15, 0.2) is 11.0 Å². The van der Waals surface area contributed by atoms with Gasteiger partial charge in [0.1, 0.15) is 16.3 Å². The maximum atomic E-state index is 12.5. The lowest BCUT2D eigenvalue weighted by Gasteiger charge is -2.11. The minimum absolute atomic E-state index is 0.149. The molecule has 0 saturated heterocycles. The number of fused-ring (bicyclic) bond motifs is 1. The van der Waals surface area contributed by atoms with Crippen LogP contribution in [0.25, 0.3) is 20.9 Å². The Labute approximate surface area is 186 Å². The predicted octanol–water partition coefficient (Wildman–Crippen LogP) is 3.42. The largest absolute Gasteiger partial charge is 0.497 e. The molecule has 4 rings (SSSR count). The van der Waals surface area contributed by atoms with Crippen LogP contribution in [0.4, 0.5) is 11.4 Å². The lowest BCUT2D eigenvalue weighted by atomic mass is 10.2. The summed E-state index contributed by atoms with van der Waals surface area (Å²) >= 11 is 2.74. The predicted molar refractivity (Wildman–Crippen MR) is 123 cm³/mol. The third-order valence-corrected chi connectivity index (χ3v) is 6.70. The zero-order valence-corrected chi connectivity index (χ0v) is 18.7. The molecule has 31 heavy (non-hydrogen) atoms. The number of benzene rings is 1. The number of nitrogens with two attached hydrogens (primary N) is 1. The highest BCUT2D eigenvalue weighted by molar-refractivity contribution is 7.99.